The van der Waals surface area contributed by atoms with Crippen molar-refractivity contribution in [1.29, 1.82) is 0 Å². The molecular weight excluding hydrogens is 783 g/mol. The lowest BCUT2D eigenvalue weighted by Crippen LogP contribution is -2.48. The molecule has 1 aromatic rings. The first-order chi connectivity index (χ1) is 30.9. The van der Waals surface area contributed by atoms with Gasteiger partial charge in [-0.15, -0.1) is 0 Å². The highest BCUT2D eigenvalue weighted by molar-refractivity contribution is 5.69. The number of carbonyl (C=O) groups is 2. The second-order valence-corrected chi connectivity index (χ2v) is 19.2. The maximum Gasteiger partial charge on any atom is 0.306 e. The van der Waals surface area contributed by atoms with E-state index in [2.05, 4.69) is 35.5 Å². The van der Waals surface area contributed by atoms with E-state index < -0.39 is 0 Å². The van der Waals surface area contributed by atoms with Crippen LogP contribution in [-0.2, 0) is 25.6 Å². The molecule has 1 heterocycles. The van der Waals surface area contributed by atoms with Crippen molar-refractivity contribution >= 4 is 11.9 Å². The average molecular weight is 884 g/mol. The number of esters is 2. The number of carbonyl (C=O) groups excluding carboxylic acids is 2. The molecule has 8 heteroatoms. The SMILES string of the molecule is CCCCCCCCCOC(=O)CCCCCCCN(CCCCCCCC(=O)OC(CCCCCCCC)CCCCCCCC)CCN1CCN(Cc2ccc(O)cc2)CC1. The number of nitrogens with zero attached hydrogens (tertiary/aromatic N) is 3. The zero-order valence-electron chi connectivity index (χ0n) is 41.7. The van der Waals surface area contributed by atoms with Crippen LogP contribution in [0.2, 0.25) is 0 Å². The fourth-order valence-electron chi connectivity index (χ4n) is 9.05. The maximum atomic E-state index is 12.9. The Kier molecular flexibility index (Phi) is 37.3. The van der Waals surface area contributed by atoms with Gasteiger partial charge in [0, 0.05) is 58.7 Å². The number of phenolic OH excluding ortho intramolecular Hbond substituents is 1. The van der Waals surface area contributed by atoms with E-state index in [0.29, 0.717) is 25.2 Å². The Labute approximate surface area is 389 Å². The van der Waals surface area contributed by atoms with Crippen LogP contribution in [-0.4, -0.2) is 96.8 Å². The highest BCUT2D eigenvalue weighted by Gasteiger charge is 2.18. The van der Waals surface area contributed by atoms with Gasteiger partial charge in [-0.05, 0) is 88.6 Å². The third-order valence-electron chi connectivity index (χ3n) is 13.3. The van der Waals surface area contributed by atoms with Gasteiger partial charge in [-0.1, -0.05) is 174 Å². The van der Waals surface area contributed by atoms with E-state index in [4.69, 9.17) is 9.47 Å². The molecule has 63 heavy (non-hydrogen) atoms. The molecule has 1 fully saturated rings. The Hall–Kier alpha value is -2.16. The van der Waals surface area contributed by atoms with Crippen LogP contribution in [0.5, 0.6) is 5.75 Å². The van der Waals surface area contributed by atoms with E-state index in [1.54, 1.807) is 12.1 Å². The first-order valence-electron chi connectivity index (χ1n) is 27.2. The normalized spacial score (nSPS) is 13.7. The summed E-state index contributed by atoms with van der Waals surface area (Å²) in [6, 6.07) is 7.64. The first-order valence-corrected chi connectivity index (χ1v) is 27.2. The molecule has 0 atom stereocenters. The molecule has 0 radical (unpaired) electrons. The molecule has 0 unspecified atom stereocenters. The lowest BCUT2D eigenvalue weighted by molar-refractivity contribution is -0.150. The second kappa shape index (κ2) is 41.3. The van der Waals surface area contributed by atoms with Gasteiger partial charge in [0.15, 0.2) is 0 Å². The molecule has 0 saturated carbocycles. The van der Waals surface area contributed by atoms with Gasteiger partial charge < -0.3 is 19.5 Å². The number of ether oxygens (including phenoxy) is 2. The van der Waals surface area contributed by atoms with Crippen LogP contribution in [0.1, 0.15) is 238 Å². The Morgan fingerprint density at radius 2 is 0.952 bits per heavy atom. The van der Waals surface area contributed by atoms with Crippen molar-refractivity contribution in [2.75, 3.05) is 59.0 Å². The number of phenols is 1. The summed E-state index contributed by atoms with van der Waals surface area (Å²) in [6.45, 7) is 17.2. The van der Waals surface area contributed by atoms with Gasteiger partial charge in [0.1, 0.15) is 11.9 Å². The summed E-state index contributed by atoms with van der Waals surface area (Å²) < 4.78 is 11.6. The van der Waals surface area contributed by atoms with Gasteiger partial charge in [-0.3, -0.25) is 19.4 Å². The molecule has 8 nitrogen and oxygen atoms in total. The molecular formula is C55H101N3O5. The molecule has 1 aliphatic rings. The summed E-state index contributed by atoms with van der Waals surface area (Å²) in [5.74, 6) is 0.347. The minimum Gasteiger partial charge on any atom is -0.508 e. The predicted molar refractivity (Wildman–Crippen MR) is 266 cm³/mol. The quantitative estimate of drug-likeness (QED) is 0.0513. The largest absolute Gasteiger partial charge is 0.508 e. The summed E-state index contributed by atoms with van der Waals surface area (Å²) in [7, 11) is 0. The van der Waals surface area contributed by atoms with E-state index >= 15 is 0 Å². The molecule has 0 aromatic heterocycles. The molecule has 1 N–H and O–H groups in total. The van der Waals surface area contributed by atoms with E-state index in [0.717, 1.165) is 104 Å². The third-order valence-corrected chi connectivity index (χ3v) is 13.3. The average Bonchev–Trinajstić information content (AvgIpc) is 3.28. The van der Waals surface area contributed by atoms with Crippen molar-refractivity contribution in [2.24, 2.45) is 0 Å². The molecule has 2 rings (SSSR count). The number of hydrogen-bond acceptors (Lipinski definition) is 8. The number of benzene rings is 1. The van der Waals surface area contributed by atoms with E-state index in [-0.39, 0.29) is 18.0 Å². The smallest absolute Gasteiger partial charge is 0.306 e. The van der Waals surface area contributed by atoms with Crippen molar-refractivity contribution in [3.63, 3.8) is 0 Å². The molecule has 1 aromatic carbocycles. The summed E-state index contributed by atoms with van der Waals surface area (Å²) in [4.78, 5) is 33.0. The van der Waals surface area contributed by atoms with Gasteiger partial charge in [-0.2, -0.15) is 0 Å². The standard InChI is InChI=1S/C55H101N3O5/c1-4-7-10-13-16-25-32-49-62-54(60)35-28-21-17-23-30-41-56(43-44-57-45-47-58(48-46-57)50-51-37-39-52(59)40-38-51)42-31-24-18-22-29-36-55(61)63-53(33-26-19-14-11-8-5-2)34-27-20-15-12-9-6-3/h37-40,53,59H,4-36,41-50H2,1-3H3. The fourth-order valence-corrected chi connectivity index (χ4v) is 9.05. The zero-order valence-corrected chi connectivity index (χ0v) is 41.7. The Bertz CT molecular complexity index is 1160. The molecule has 0 spiro atoms. The van der Waals surface area contributed by atoms with Crippen LogP contribution in [0.3, 0.4) is 0 Å². The lowest BCUT2D eigenvalue weighted by Gasteiger charge is -2.36. The van der Waals surface area contributed by atoms with E-state index in [1.807, 2.05) is 12.1 Å². The molecule has 0 aliphatic carbocycles. The van der Waals surface area contributed by atoms with Crippen molar-refractivity contribution in [3.05, 3.63) is 29.8 Å². The van der Waals surface area contributed by atoms with Gasteiger partial charge >= 0.3 is 11.9 Å². The topological polar surface area (TPSA) is 82.6 Å². The van der Waals surface area contributed by atoms with Gasteiger partial charge in [-0.25, -0.2) is 0 Å². The Balaban J connectivity index is 1.68. The zero-order chi connectivity index (χ0) is 45.3. The van der Waals surface area contributed by atoms with Crippen LogP contribution in [0.15, 0.2) is 24.3 Å². The monoisotopic (exact) mass is 884 g/mol. The van der Waals surface area contributed by atoms with Crippen LogP contribution in [0.25, 0.3) is 0 Å². The molecule has 366 valence electrons. The highest BCUT2D eigenvalue weighted by Crippen LogP contribution is 2.19. The van der Waals surface area contributed by atoms with Crippen LogP contribution < -0.4 is 0 Å². The molecule has 0 bridgehead atoms. The number of piperazine rings is 1. The van der Waals surface area contributed by atoms with Crippen molar-refractivity contribution < 1.29 is 24.2 Å². The second-order valence-electron chi connectivity index (χ2n) is 19.2. The van der Waals surface area contributed by atoms with E-state index in [9.17, 15) is 14.7 Å². The minimum atomic E-state index is -0.0143. The fraction of sp³-hybridized carbons (Fsp3) is 0.855. The first kappa shape index (κ1) is 57.0. The van der Waals surface area contributed by atoms with Crippen LogP contribution in [0.4, 0.5) is 0 Å². The summed E-state index contributed by atoms with van der Waals surface area (Å²) in [5.41, 5.74) is 1.26. The van der Waals surface area contributed by atoms with Gasteiger partial charge in [0.2, 0.25) is 0 Å². The minimum absolute atomic E-state index is 0.0143. The number of aromatic hydroxyl groups is 1. The van der Waals surface area contributed by atoms with Crippen LogP contribution in [0, 0.1) is 0 Å². The highest BCUT2D eigenvalue weighted by atomic mass is 16.5. The molecule has 0 amide bonds. The predicted octanol–water partition coefficient (Wildman–Crippen LogP) is 14.2. The number of rotatable bonds is 44. The third kappa shape index (κ3) is 33.9. The van der Waals surface area contributed by atoms with Crippen LogP contribution >= 0.6 is 0 Å². The maximum absolute atomic E-state index is 12.9. The lowest BCUT2D eigenvalue weighted by atomic mass is 10.0. The van der Waals surface area contributed by atoms with Crippen molar-refractivity contribution in [1.82, 2.24) is 14.7 Å². The van der Waals surface area contributed by atoms with Gasteiger partial charge in [0.25, 0.3) is 0 Å². The van der Waals surface area contributed by atoms with E-state index in [1.165, 1.54) is 160 Å². The van der Waals surface area contributed by atoms with Gasteiger partial charge in [0.05, 0.1) is 6.61 Å². The number of hydrogen-bond donors (Lipinski definition) is 1. The molecule has 1 aliphatic heterocycles. The number of unbranched alkanes of at least 4 members (excludes halogenated alkanes) is 24. The van der Waals surface area contributed by atoms with Crippen molar-refractivity contribution in [2.45, 2.75) is 245 Å². The Morgan fingerprint density at radius 3 is 1.48 bits per heavy atom. The summed E-state index contributed by atoms with van der Waals surface area (Å²) >= 11 is 0. The summed E-state index contributed by atoms with van der Waals surface area (Å²) in [6.07, 6.45) is 38.7. The van der Waals surface area contributed by atoms with Crippen molar-refractivity contribution in [3.8, 4) is 5.75 Å². The molecule has 1 saturated heterocycles. The summed E-state index contributed by atoms with van der Waals surface area (Å²) in [5, 5.41) is 9.65. The Morgan fingerprint density at radius 1 is 0.524 bits per heavy atom.